The highest BCUT2D eigenvalue weighted by Gasteiger charge is 2.14. The van der Waals surface area contributed by atoms with Gasteiger partial charge < -0.3 is 11.1 Å². The molecule has 0 unspecified atom stereocenters. The van der Waals surface area contributed by atoms with Gasteiger partial charge in [0.2, 0.25) is 0 Å². The molecule has 0 saturated carbocycles. The van der Waals surface area contributed by atoms with E-state index in [1.54, 1.807) is 25.1 Å². The van der Waals surface area contributed by atoms with Gasteiger partial charge in [0.1, 0.15) is 11.9 Å². The van der Waals surface area contributed by atoms with Crippen LogP contribution >= 0.6 is 0 Å². The number of rotatable bonds is 2. The van der Waals surface area contributed by atoms with Gasteiger partial charge in [-0.15, -0.1) is 0 Å². The lowest BCUT2D eigenvalue weighted by Crippen LogP contribution is -2.16. The van der Waals surface area contributed by atoms with Crippen molar-refractivity contribution in [1.29, 1.82) is 5.26 Å². The summed E-state index contributed by atoms with van der Waals surface area (Å²) in [5.41, 5.74) is 7.52. The minimum Gasteiger partial charge on any atom is -0.398 e. The molecule has 0 atom stereocenters. The van der Waals surface area contributed by atoms with Crippen LogP contribution < -0.4 is 11.1 Å². The molecule has 5 heteroatoms. The Morgan fingerprint density at radius 3 is 2.75 bits per heavy atom. The van der Waals surface area contributed by atoms with Crippen molar-refractivity contribution in [3.05, 3.63) is 58.9 Å². The molecular formula is C15H12FN3O. The number of nitrogen functional groups attached to an aromatic ring is 1. The molecule has 20 heavy (non-hydrogen) atoms. The minimum atomic E-state index is -0.532. The molecule has 0 aromatic heterocycles. The molecule has 2 aromatic carbocycles. The fourth-order valence-corrected chi connectivity index (χ4v) is 1.90. The van der Waals surface area contributed by atoms with Crippen LogP contribution in [-0.2, 0) is 0 Å². The van der Waals surface area contributed by atoms with Crippen LogP contribution in [0, 0.1) is 24.1 Å². The Balaban J connectivity index is 2.36. The van der Waals surface area contributed by atoms with E-state index in [0.29, 0.717) is 11.3 Å². The van der Waals surface area contributed by atoms with E-state index in [4.69, 9.17) is 11.0 Å². The normalized spacial score (nSPS) is 9.85. The molecule has 100 valence electrons. The summed E-state index contributed by atoms with van der Waals surface area (Å²) in [5.74, 6) is -0.960. The van der Waals surface area contributed by atoms with Crippen LogP contribution in [0.4, 0.5) is 15.8 Å². The number of hydrogen-bond donors (Lipinski definition) is 2. The Kier molecular flexibility index (Phi) is 3.67. The molecule has 2 rings (SSSR count). The third kappa shape index (κ3) is 2.59. The van der Waals surface area contributed by atoms with Crippen LogP contribution in [0.15, 0.2) is 36.4 Å². The van der Waals surface area contributed by atoms with E-state index in [2.05, 4.69) is 5.32 Å². The van der Waals surface area contributed by atoms with E-state index in [-0.39, 0.29) is 11.3 Å². The van der Waals surface area contributed by atoms with E-state index >= 15 is 0 Å². The average Bonchev–Trinajstić information content (AvgIpc) is 2.40. The van der Waals surface area contributed by atoms with E-state index in [0.717, 1.165) is 11.6 Å². The highest BCUT2D eigenvalue weighted by Crippen LogP contribution is 2.21. The molecule has 2 aromatic rings. The molecule has 0 saturated heterocycles. The molecule has 0 aliphatic carbocycles. The van der Waals surface area contributed by atoms with Crippen molar-refractivity contribution >= 4 is 17.3 Å². The zero-order valence-electron chi connectivity index (χ0n) is 10.8. The third-order valence-electron chi connectivity index (χ3n) is 2.88. The number of anilines is 2. The number of hydrogen-bond acceptors (Lipinski definition) is 3. The van der Waals surface area contributed by atoms with Gasteiger partial charge in [0.15, 0.2) is 0 Å². The molecule has 4 nitrogen and oxygen atoms in total. The average molecular weight is 269 g/mol. The number of carbonyl (C=O) groups is 1. The summed E-state index contributed by atoms with van der Waals surface area (Å²) in [7, 11) is 0. The second-order valence-corrected chi connectivity index (χ2v) is 4.29. The van der Waals surface area contributed by atoms with Crippen LogP contribution in [0.1, 0.15) is 21.5 Å². The third-order valence-corrected chi connectivity index (χ3v) is 2.88. The van der Waals surface area contributed by atoms with Crippen LogP contribution in [-0.4, -0.2) is 5.91 Å². The summed E-state index contributed by atoms with van der Waals surface area (Å²) in [6, 6.07) is 10.6. The Morgan fingerprint density at radius 2 is 2.10 bits per heavy atom. The Morgan fingerprint density at radius 1 is 1.35 bits per heavy atom. The molecule has 0 heterocycles. The van der Waals surface area contributed by atoms with Crippen molar-refractivity contribution in [3.8, 4) is 6.07 Å². The SMILES string of the molecule is Cc1cccc(N)c1C(=O)Nc1ccc(F)cc1C#N. The summed E-state index contributed by atoms with van der Waals surface area (Å²) in [4.78, 5) is 12.2. The smallest absolute Gasteiger partial charge is 0.258 e. The van der Waals surface area contributed by atoms with Crippen LogP contribution in [0.5, 0.6) is 0 Å². The molecule has 0 spiro atoms. The molecule has 0 aliphatic rings. The van der Waals surface area contributed by atoms with E-state index < -0.39 is 11.7 Å². The van der Waals surface area contributed by atoms with E-state index in [1.165, 1.54) is 12.1 Å². The largest absolute Gasteiger partial charge is 0.398 e. The summed E-state index contributed by atoms with van der Waals surface area (Å²) in [6.07, 6.45) is 0. The molecule has 0 fully saturated rings. The summed E-state index contributed by atoms with van der Waals surface area (Å²) in [6.45, 7) is 1.77. The summed E-state index contributed by atoms with van der Waals surface area (Å²) >= 11 is 0. The van der Waals surface area contributed by atoms with Gasteiger partial charge in [-0.3, -0.25) is 4.79 Å². The quantitative estimate of drug-likeness (QED) is 0.823. The van der Waals surface area contributed by atoms with Crippen molar-refractivity contribution in [2.24, 2.45) is 0 Å². The number of nitrogens with one attached hydrogen (secondary N) is 1. The van der Waals surface area contributed by atoms with E-state index in [9.17, 15) is 9.18 Å². The second-order valence-electron chi connectivity index (χ2n) is 4.29. The van der Waals surface area contributed by atoms with Crippen LogP contribution in [0.3, 0.4) is 0 Å². The number of nitriles is 1. The molecule has 3 N–H and O–H groups in total. The molecule has 0 radical (unpaired) electrons. The number of benzene rings is 2. The molecule has 1 amide bonds. The number of aryl methyl sites for hydroxylation is 1. The first-order valence-corrected chi connectivity index (χ1v) is 5.89. The van der Waals surface area contributed by atoms with Gasteiger partial charge in [0.05, 0.1) is 16.8 Å². The van der Waals surface area contributed by atoms with Gasteiger partial charge in [-0.25, -0.2) is 4.39 Å². The minimum absolute atomic E-state index is 0.0607. The van der Waals surface area contributed by atoms with Gasteiger partial charge in [0, 0.05) is 5.69 Å². The monoisotopic (exact) mass is 269 g/mol. The first kappa shape index (κ1) is 13.6. The van der Waals surface area contributed by atoms with Gasteiger partial charge in [-0.05, 0) is 36.8 Å². The molecule has 0 aliphatic heterocycles. The van der Waals surface area contributed by atoms with Gasteiger partial charge in [-0.1, -0.05) is 12.1 Å². The summed E-state index contributed by atoms with van der Waals surface area (Å²) < 4.78 is 13.0. The van der Waals surface area contributed by atoms with Gasteiger partial charge in [0.25, 0.3) is 5.91 Å². The van der Waals surface area contributed by atoms with Crippen molar-refractivity contribution < 1.29 is 9.18 Å². The Labute approximate surface area is 115 Å². The van der Waals surface area contributed by atoms with Crippen molar-refractivity contribution in [2.75, 3.05) is 11.1 Å². The Bertz CT molecular complexity index is 699. The highest BCUT2D eigenvalue weighted by atomic mass is 19.1. The number of amides is 1. The van der Waals surface area contributed by atoms with Gasteiger partial charge >= 0.3 is 0 Å². The van der Waals surface area contributed by atoms with Crippen LogP contribution in [0.2, 0.25) is 0 Å². The maximum Gasteiger partial charge on any atom is 0.258 e. The van der Waals surface area contributed by atoms with Crippen molar-refractivity contribution in [3.63, 3.8) is 0 Å². The maximum absolute atomic E-state index is 13.0. The fraction of sp³-hybridized carbons (Fsp3) is 0.0667. The Hall–Kier alpha value is -2.87. The van der Waals surface area contributed by atoms with E-state index in [1.807, 2.05) is 6.07 Å². The predicted octanol–water partition coefficient (Wildman–Crippen LogP) is 2.84. The topological polar surface area (TPSA) is 78.9 Å². The standard InChI is InChI=1S/C15H12FN3O/c1-9-3-2-4-12(18)14(9)15(20)19-13-6-5-11(16)7-10(13)8-17/h2-7H,18H2,1H3,(H,19,20). The predicted molar refractivity (Wildman–Crippen MR) is 74.7 cm³/mol. The zero-order chi connectivity index (χ0) is 14.7. The van der Waals surface area contributed by atoms with Crippen molar-refractivity contribution in [2.45, 2.75) is 6.92 Å². The highest BCUT2D eigenvalue weighted by molar-refractivity contribution is 6.09. The fourth-order valence-electron chi connectivity index (χ4n) is 1.90. The number of halogens is 1. The zero-order valence-corrected chi connectivity index (χ0v) is 10.8. The second kappa shape index (κ2) is 5.41. The first-order chi connectivity index (χ1) is 9.52. The molecular weight excluding hydrogens is 257 g/mol. The molecule has 0 bridgehead atoms. The lowest BCUT2D eigenvalue weighted by atomic mass is 10.1. The van der Waals surface area contributed by atoms with Gasteiger partial charge in [-0.2, -0.15) is 5.26 Å². The lowest BCUT2D eigenvalue weighted by Gasteiger charge is -2.11. The number of carbonyl (C=O) groups excluding carboxylic acids is 1. The first-order valence-electron chi connectivity index (χ1n) is 5.89. The maximum atomic E-state index is 13.0. The lowest BCUT2D eigenvalue weighted by molar-refractivity contribution is 0.102. The van der Waals surface area contributed by atoms with Crippen molar-refractivity contribution in [1.82, 2.24) is 0 Å². The number of nitrogens with two attached hydrogens (primary N) is 1. The number of nitrogens with zero attached hydrogens (tertiary/aromatic N) is 1. The van der Waals surface area contributed by atoms with Crippen LogP contribution in [0.25, 0.3) is 0 Å². The summed E-state index contributed by atoms with van der Waals surface area (Å²) in [5, 5.41) is 11.5.